The van der Waals surface area contributed by atoms with E-state index in [1.54, 1.807) is 0 Å². The highest BCUT2D eigenvalue weighted by Gasteiger charge is 2.25. The maximum Gasteiger partial charge on any atom is 0.309 e. The van der Waals surface area contributed by atoms with E-state index < -0.39 is 0 Å². The zero-order valence-electron chi connectivity index (χ0n) is 10.3. The van der Waals surface area contributed by atoms with Crippen molar-refractivity contribution in [3.8, 4) is 0 Å². The number of carbonyl (C=O) groups excluding carboxylic acids is 1. The smallest absolute Gasteiger partial charge is 0.309 e. The molecule has 0 amide bonds. The Morgan fingerprint density at radius 3 is 2.62 bits per heavy atom. The van der Waals surface area contributed by atoms with E-state index in [0.29, 0.717) is 6.61 Å². The first-order valence-corrected chi connectivity index (χ1v) is 6.37. The van der Waals surface area contributed by atoms with Gasteiger partial charge in [-0.1, -0.05) is 0 Å². The summed E-state index contributed by atoms with van der Waals surface area (Å²) >= 11 is 0. The molecule has 0 spiro atoms. The molecular formula is C12H24N2O2. The van der Waals surface area contributed by atoms with E-state index in [2.05, 4.69) is 4.90 Å². The molecule has 4 nitrogen and oxygen atoms in total. The van der Waals surface area contributed by atoms with Crippen LogP contribution in [0.5, 0.6) is 0 Å². The molecule has 1 aliphatic rings. The maximum absolute atomic E-state index is 11.5. The van der Waals surface area contributed by atoms with Crippen molar-refractivity contribution in [2.75, 3.05) is 32.8 Å². The van der Waals surface area contributed by atoms with Gasteiger partial charge in [0.15, 0.2) is 0 Å². The van der Waals surface area contributed by atoms with Crippen molar-refractivity contribution in [1.29, 1.82) is 0 Å². The number of unbranched alkanes of at least 4 members (excludes halogenated alkanes) is 1. The van der Waals surface area contributed by atoms with Crippen LogP contribution in [-0.4, -0.2) is 43.7 Å². The zero-order chi connectivity index (χ0) is 11.8. The van der Waals surface area contributed by atoms with Crippen molar-refractivity contribution in [3.63, 3.8) is 0 Å². The van der Waals surface area contributed by atoms with Crippen molar-refractivity contribution >= 4 is 5.97 Å². The van der Waals surface area contributed by atoms with E-state index in [0.717, 1.165) is 45.4 Å². The second-order valence-corrected chi connectivity index (χ2v) is 4.36. The molecule has 16 heavy (non-hydrogen) atoms. The van der Waals surface area contributed by atoms with Gasteiger partial charge >= 0.3 is 5.97 Å². The molecule has 0 aromatic heterocycles. The summed E-state index contributed by atoms with van der Waals surface area (Å²) in [6, 6.07) is 0. The van der Waals surface area contributed by atoms with Crippen LogP contribution in [0.4, 0.5) is 0 Å². The van der Waals surface area contributed by atoms with Gasteiger partial charge in [-0.05, 0) is 58.8 Å². The molecule has 0 saturated carbocycles. The van der Waals surface area contributed by atoms with E-state index in [1.807, 2.05) is 6.92 Å². The van der Waals surface area contributed by atoms with Crippen LogP contribution in [0.2, 0.25) is 0 Å². The third kappa shape index (κ3) is 4.49. The van der Waals surface area contributed by atoms with E-state index >= 15 is 0 Å². The van der Waals surface area contributed by atoms with Crippen LogP contribution < -0.4 is 5.73 Å². The minimum absolute atomic E-state index is 0.0101. The second-order valence-electron chi connectivity index (χ2n) is 4.36. The quantitative estimate of drug-likeness (QED) is 0.544. The molecule has 0 aromatic carbocycles. The third-order valence-corrected chi connectivity index (χ3v) is 3.14. The average molecular weight is 228 g/mol. The van der Waals surface area contributed by atoms with Crippen molar-refractivity contribution in [2.45, 2.75) is 32.6 Å². The molecule has 1 rings (SSSR count). The molecule has 0 atom stereocenters. The number of nitrogens with zero attached hydrogens (tertiary/aromatic N) is 1. The summed E-state index contributed by atoms with van der Waals surface area (Å²) in [5.41, 5.74) is 5.46. The molecular weight excluding hydrogens is 204 g/mol. The van der Waals surface area contributed by atoms with E-state index in [1.165, 1.54) is 6.42 Å². The summed E-state index contributed by atoms with van der Waals surface area (Å²) in [6.45, 7) is 6.30. The van der Waals surface area contributed by atoms with Crippen molar-refractivity contribution in [3.05, 3.63) is 0 Å². The fraction of sp³-hybridized carbons (Fsp3) is 0.917. The first-order chi connectivity index (χ1) is 7.77. The van der Waals surface area contributed by atoms with Gasteiger partial charge in [0.2, 0.25) is 0 Å². The highest BCUT2D eigenvalue weighted by atomic mass is 16.5. The van der Waals surface area contributed by atoms with Gasteiger partial charge in [0.25, 0.3) is 0 Å². The summed E-state index contributed by atoms with van der Waals surface area (Å²) in [4.78, 5) is 13.9. The van der Waals surface area contributed by atoms with Gasteiger partial charge in [0, 0.05) is 0 Å². The van der Waals surface area contributed by atoms with Crippen molar-refractivity contribution < 1.29 is 9.53 Å². The Kier molecular flexibility index (Phi) is 6.42. The molecule has 2 N–H and O–H groups in total. The Morgan fingerprint density at radius 2 is 2.06 bits per heavy atom. The summed E-state index contributed by atoms with van der Waals surface area (Å²) < 4.78 is 5.04. The Labute approximate surface area is 98.1 Å². The molecule has 94 valence electrons. The lowest BCUT2D eigenvalue weighted by molar-refractivity contribution is -0.149. The predicted octanol–water partition coefficient (Wildman–Crippen LogP) is 1.00. The summed E-state index contributed by atoms with van der Waals surface area (Å²) in [6.07, 6.45) is 4.15. The monoisotopic (exact) mass is 228 g/mol. The largest absolute Gasteiger partial charge is 0.466 e. The topological polar surface area (TPSA) is 55.6 Å². The van der Waals surface area contributed by atoms with Crippen molar-refractivity contribution in [1.82, 2.24) is 4.90 Å². The lowest BCUT2D eigenvalue weighted by atomic mass is 9.97. The van der Waals surface area contributed by atoms with Gasteiger partial charge in [0.05, 0.1) is 12.5 Å². The molecule has 1 fully saturated rings. The number of carbonyl (C=O) groups is 1. The molecule has 4 heteroatoms. The Hall–Kier alpha value is -0.610. The first-order valence-electron chi connectivity index (χ1n) is 6.37. The first kappa shape index (κ1) is 13.5. The maximum atomic E-state index is 11.5. The number of likely N-dealkylation sites (tertiary alicyclic amines) is 1. The van der Waals surface area contributed by atoms with Gasteiger partial charge in [-0.15, -0.1) is 0 Å². The Balaban J connectivity index is 2.15. The summed E-state index contributed by atoms with van der Waals surface area (Å²) in [5, 5.41) is 0. The molecule has 0 aliphatic carbocycles. The van der Waals surface area contributed by atoms with Crippen molar-refractivity contribution in [2.24, 2.45) is 11.7 Å². The molecule has 1 saturated heterocycles. The zero-order valence-corrected chi connectivity index (χ0v) is 10.3. The molecule has 0 aromatic rings. The summed E-state index contributed by atoms with van der Waals surface area (Å²) in [5.74, 6) is 0.120. The SMILES string of the molecule is CCOC(=O)C1CCN(CCCCN)CC1. The van der Waals surface area contributed by atoms with E-state index in [4.69, 9.17) is 10.5 Å². The third-order valence-electron chi connectivity index (χ3n) is 3.14. The fourth-order valence-corrected chi connectivity index (χ4v) is 2.13. The molecule has 0 radical (unpaired) electrons. The van der Waals surface area contributed by atoms with Crippen LogP contribution in [0.3, 0.4) is 0 Å². The highest BCUT2D eigenvalue weighted by molar-refractivity contribution is 5.72. The van der Waals surface area contributed by atoms with Gasteiger partial charge < -0.3 is 15.4 Å². The van der Waals surface area contributed by atoms with Crippen LogP contribution >= 0.6 is 0 Å². The lowest BCUT2D eigenvalue weighted by Crippen LogP contribution is -2.37. The minimum atomic E-state index is -0.0101. The highest BCUT2D eigenvalue weighted by Crippen LogP contribution is 2.18. The second kappa shape index (κ2) is 7.63. The summed E-state index contributed by atoms with van der Waals surface area (Å²) in [7, 11) is 0. The van der Waals surface area contributed by atoms with Gasteiger partial charge in [-0.25, -0.2) is 0 Å². The lowest BCUT2D eigenvalue weighted by Gasteiger charge is -2.30. The standard InChI is InChI=1S/C12H24N2O2/c1-2-16-12(15)11-5-9-14(10-6-11)8-4-3-7-13/h11H,2-10,13H2,1H3. The predicted molar refractivity (Wildman–Crippen MR) is 64.1 cm³/mol. The van der Waals surface area contributed by atoms with E-state index in [-0.39, 0.29) is 11.9 Å². The number of hydrogen-bond acceptors (Lipinski definition) is 4. The number of nitrogens with two attached hydrogens (primary N) is 1. The van der Waals surface area contributed by atoms with Crippen LogP contribution in [0.25, 0.3) is 0 Å². The molecule has 0 unspecified atom stereocenters. The van der Waals surface area contributed by atoms with Crippen LogP contribution in [0.1, 0.15) is 32.6 Å². The molecule has 1 heterocycles. The number of ether oxygens (including phenoxy) is 1. The van der Waals surface area contributed by atoms with E-state index in [9.17, 15) is 4.79 Å². The molecule has 0 bridgehead atoms. The van der Waals surface area contributed by atoms with Crippen LogP contribution in [0.15, 0.2) is 0 Å². The number of hydrogen-bond donors (Lipinski definition) is 1. The Bertz CT molecular complexity index is 201. The fourth-order valence-electron chi connectivity index (χ4n) is 2.13. The van der Waals surface area contributed by atoms with Crippen LogP contribution in [0, 0.1) is 5.92 Å². The number of piperidine rings is 1. The Morgan fingerprint density at radius 1 is 1.38 bits per heavy atom. The minimum Gasteiger partial charge on any atom is -0.466 e. The number of esters is 1. The molecule has 1 aliphatic heterocycles. The normalized spacial score (nSPS) is 18.6. The van der Waals surface area contributed by atoms with Crippen LogP contribution in [-0.2, 0) is 9.53 Å². The van der Waals surface area contributed by atoms with Gasteiger partial charge in [-0.2, -0.15) is 0 Å². The average Bonchev–Trinajstić information content (AvgIpc) is 2.30. The van der Waals surface area contributed by atoms with Gasteiger partial charge in [0.1, 0.15) is 0 Å². The number of rotatable bonds is 6. The van der Waals surface area contributed by atoms with Gasteiger partial charge in [-0.3, -0.25) is 4.79 Å².